The fourth-order valence-electron chi connectivity index (χ4n) is 3.79. The first-order chi connectivity index (χ1) is 13.8. The van der Waals surface area contributed by atoms with Crippen molar-refractivity contribution in [3.63, 3.8) is 0 Å². The first-order valence-electron chi connectivity index (χ1n) is 10.2. The number of nitrogens with zero attached hydrogens (tertiary/aromatic N) is 3. The van der Waals surface area contributed by atoms with E-state index in [1.165, 1.54) is 4.90 Å². The molecule has 2 aliphatic heterocycles. The van der Waals surface area contributed by atoms with Crippen LogP contribution in [0.15, 0.2) is 4.99 Å². The minimum Gasteiger partial charge on any atom is -0.393 e. The Morgan fingerprint density at radius 3 is 2.45 bits per heavy atom. The first kappa shape index (κ1) is 22.9. The third-order valence-corrected chi connectivity index (χ3v) is 5.39. The van der Waals surface area contributed by atoms with Gasteiger partial charge in [0.25, 0.3) is 0 Å². The lowest BCUT2D eigenvalue weighted by molar-refractivity contribution is -0.141. The maximum Gasteiger partial charge on any atom is 0.245 e. The molecule has 0 spiro atoms. The number of carbonyl (C=O) groups is 3. The summed E-state index contributed by atoms with van der Waals surface area (Å²) in [4.78, 5) is 44.9. The highest BCUT2D eigenvalue weighted by atomic mass is 16.3. The molecule has 0 unspecified atom stereocenters. The van der Waals surface area contributed by atoms with E-state index in [9.17, 15) is 19.5 Å². The molecule has 164 valence electrons. The second kappa shape index (κ2) is 11.0. The van der Waals surface area contributed by atoms with Crippen LogP contribution >= 0.6 is 0 Å². The van der Waals surface area contributed by atoms with Gasteiger partial charge in [-0.05, 0) is 38.5 Å². The fourth-order valence-corrected chi connectivity index (χ4v) is 3.79. The number of rotatable bonds is 8. The van der Waals surface area contributed by atoms with Gasteiger partial charge in [0.15, 0.2) is 5.96 Å². The van der Waals surface area contributed by atoms with Crippen LogP contribution in [-0.4, -0.2) is 89.5 Å². The zero-order valence-electron chi connectivity index (χ0n) is 16.8. The molecule has 2 atom stereocenters. The fraction of sp³-hybridized carbons (Fsp3) is 0.778. The standard InChI is InChI=1S/C18H33N7O4/c19-11-15(27)25-8-2-4-14(25)16(28)23-13(3-1-7-22-18(20)21)17(29)24-9-5-12(26)6-10-24/h12-14,26H,1-11,19H2,(H,23,28)(H4,20,21,22)/t13-,14-/m0/s1. The summed E-state index contributed by atoms with van der Waals surface area (Å²) in [5.74, 6) is -0.835. The number of carbonyl (C=O) groups excluding carboxylic acids is 3. The van der Waals surface area contributed by atoms with Gasteiger partial charge in [-0.2, -0.15) is 0 Å². The van der Waals surface area contributed by atoms with Crippen LogP contribution in [0.3, 0.4) is 0 Å². The van der Waals surface area contributed by atoms with Crippen molar-refractivity contribution in [3.8, 4) is 0 Å². The van der Waals surface area contributed by atoms with Gasteiger partial charge in [0.1, 0.15) is 12.1 Å². The Balaban J connectivity index is 2.03. The molecule has 2 saturated heterocycles. The number of piperidine rings is 1. The lowest BCUT2D eigenvalue weighted by atomic mass is 10.0. The molecule has 0 aromatic rings. The normalized spacial score (nSPS) is 21.0. The molecule has 0 aromatic heterocycles. The summed E-state index contributed by atoms with van der Waals surface area (Å²) in [6.07, 6.45) is 2.78. The Bertz CT molecular complexity index is 615. The molecular weight excluding hydrogens is 378 g/mol. The monoisotopic (exact) mass is 411 g/mol. The summed E-state index contributed by atoms with van der Waals surface area (Å²) in [5.41, 5.74) is 16.1. The lowest BCUT2D eigenvalue weighted by Gasteiger charge is -2.33. The van der Waals surface area contributed by atoms with Gasteiger partial charge in [0.2, 0.25) is 17.7 Å². The Hall–Kier alpha value is -2.40. The van der Waals surface area contributed by atoms with Crippen molar-refractivity contribution in [1.29, 1.82) is 0 Å². The van der Waals surface area contributed by atoms with Gasteiger partial charge in [-0.1, -0.05) is 0 Å². The van der Waals surface area contributed by atoms with Crippen LogP contribution in [0.4, 0.5) is 0 Å². The minimum atomic E-state index is -0.734. The molecule has 11 nitrogen and oxygen atoms in total. The molecule has 0 radical (unpaired) electrons. The molecule has 0 aliphatic carbocycles. The zero-order valence-corrected chi connectivity index (χ0v) is 16.8. The van der Waals surface area contributed by atoms with Crippen LogP contribution < -0.4 is 22.5 Å². The summed E-state index contributed by atoms with van der Waals surface area (Å²) in [6, 6.07) is -1.34. The van der Waals surface area contributed by atoms with Gasteiger partial charge in [0.05, 0.1) is 12.6 Å². The number of aliphatic hydroxyl groups excluding tert-OH is 1. The number of nitrogens with two attached hydrogens (primary N) is 3. The molecular formula is C18H33N7O4. The predicted molar refractivity (Wildman–Crippen MR) is 107 cm³/mol. The Morgan fingerprint density at radius 2 is 1.83 bits per heavy atom. The highest BCUT2D eigenvalue weighted by molar-refractivity contribution is 5.92. The van der Waals surface area contributed by atoms with E-state index in [2.05, 4.69) is 10.3 Å². The third kappa shape index (κ3) is 6.57. The summed E-state index contributed by atoms with van der Waals surface area (Å²) >= 11 is 0. The molecule has 29 heavy (non-hydrogen) atoms. The van der Waals surface area contributed by atoms with Crippen molar-refractivity contribution in [2.24, 2.45) is 22.2 Å². The molecule has 3 amide bonds. The second-order valence-corrected chi connectivity index (χ2v) is 7.52. The summed E-state index contributed by atoms with van der Waals surface area (Å²) in [6.45, 7) is 1.58. The number of amides is 3. The molecule has 2 rings (SSSR count). The predicted octanol–water partition coefficient (Wildman–Crippen LogP) is -2.54. The zero-order chi connectivity index (χ0) is 21.4. The Morgan fingerprint density at radius 1 is 1.14 bits per heavy atom. The van der Waals surface area contributed by atoms with E-state index < -0.39 is 18.2 Å². The second-order valence-electron chi connectivity index (χ2n) is 7.52. The average Bonchev–Trinajstić information content (AvgIpc) is 3.19. The van der Waals surface area contributed by atoms with Crippen LogP contribution in [0.25, 0.3) is 0 Å². The van der Waals surface area contributed by atoms with E-state index in [1.54, 1.807) is 4.90 Å². The van der Waals surface area contributed by atoms with Gasteiger partial charge in [-0.25, -0.2) is 0 Å². The quantitative estimate of drug-likeness (QED) is 0.166. The van der Waals surface area contributed by atoms with E-state index in [1.807, 2.05) is 0 Å². The molecule has 2 aliphatic rings. The Labute approximate surface area is 170 Å². The van der Waals surface area contributed by atoms with Gasteiger partial charge >= 0.3 is 0 Å². The number of aliphatic hydroxyl groups is 1. The smallest absolute Gasteiger partial charge is 0.245 e. The SMILES string of the molecule is NCC(=O)N1CCC[C@H]1C(=O)N[C@@H](CCCN=C(N)N)C(=O)N1CCC(O)CC1. The lowest BCUT2D eigenvalue weighted by Crippen LogP contribution is -2.55. The van der Waals surface area contributed by atoms with Gasteiger partial charge in [-0.3, -0.25) is 19.4 Å². The van der Waals surface area contributed by atoms with Crippen molar-refractivity contribution in [2.75, 3.05) is 32.7 Å². The number of hydrogen-bond donors (Lipinski definition) is 5. The van der Waals surface area contributed by atoms with Gasteiger partial charge in [-0.15, -0.1) is 0 Å². The van der Waals surface area contributed by atoms with Crippen molar-refractivity contribution in [2.45, 2.75) is 56.7 Å². The van der Waals surface area contributed by atoms with Crippen molar-refractivity contribution >= 4 is 23.7 Å². The van der Waals surface area contributed by atoms with E-state index in [4.69, 9.17) is 17.2 Å². The summed E-state index contributed by atoms with van der Waals surface area (Å²) < 4.78 is 0. The van der Waals surface area contributed by atoms with Crippen LogP contribution in [-0.2, 0) is 14.4 Å². The van der Waals surface area contributed by atoms with Crippen molar-refractivity contribution in [3.05, 3.63) is 0 Å². The first-order valence-corrected chi connectivity index (χ1v) is 10.2. The third-order valence-electron chi connectivity index (χ3n) is 5.39. The average molecular weight is 412 g/mol. The highest BCUT2D eigenvalue weighted by Gasteiger charge is 2.36. The molecule has 2 fully saturated rings. The maximum atomic E-state index is 13.0. The van der Waals surface area contributed by atoms with Crippen LogP contribution in [0, 0.1) is 0 Å². The number of aliphatic imine (C=N–C) groups is 1. The van der Waals surface area contributed by atoms with E-state index in [0.717, 1.165) is 6.42 Å². The number of likely N-dealkylation sites (tertiary alicyclic amines) is 2. The maximum absolute atomic E-state index is 13.0. The highest BCUT2D eigenvalue weighted by Crippen LogP contribution is 2.18. The van der Waals surface area contributed by atoms with E-state index in [-0.39, 0.29) is 30.2 Å². The van der Waals surface area contributed by atoms with Crippen LogP contribution in [0.1, 0.15) is 38.5 Å². The van der Waals surface area contributed by atoms with Crippen LogP contribution in [0.5, 0.6) is 0 Å². The molecule has 2 heterocycles. The van der Waals surface area contributed by atoms with E-state index in [0.29, 0.717) is 58.3 Å². The molecule has 0 bridgehead atoms. The van der Waals surface area contributed by atoms with E-state index >= 15 is 0 Å². The van der Waals surface area contributed by atoms with Crippen molar-refractivity contribution in [1.82, 2.24) is 15.1 Å². The Kier molecular flexibility index (Phi) is 8.65. The van der Waals surface area contributed by atoms with Gasteiger partial charge < -0.3 is 37.4 Å². The molecule has 11 heteroatoms. The minimum absolute atomic E-state index is 0.0242. The van der Waals surface area contributed by atoms with Crippen LogP contribution in [0.2, 0.25) is 0 Å². The topological polar surface area (TPSA) is 180 Å². The molecule has 0 saturated carbocycles. The summed E-state index contributed by atoms with van der Waals surface area (Å²) in [7, 11) is 0. The number of hydrogen-bond acceptors (Lipinski definition) is 6. The molecule has 8 N–H and O–H groups in total. The number of nitrogens with one attached hydrogen (secondary N) is 1. The summed E-state index contributed by atoms with van der Waals surface area (Å²) in [5, 5.41) is 12.5. The largest absolute Gasteiger partial charge is 0.393 e. The van der Waals surface area contributed by atoms with Crippen molar-refractivity contribution < 1.29 is 19.5 Å². The molecule has 0 aromatic carbocycles. The number of guanidine groups is 1. The van der Waals surface area contributed by atoms with Gasteiger partial charge in [0, 0.05) is 26.2 Å².